The predicted octanol–water partition coefficient (Wildman–Crippen LogP) is 5.29. The minimum Gasteiger partial charge on any atom is -0.381 e. The molecule has 0 fully saturated rings. The van der Waals surface area contributed by atoms with Crippen LogP contribution in [0.5, 0.6) is 0 Å². The third kappa shape index (κ3) is 3.19. The van der Waals surface area contributed by atoms with Crippen LogP contribution in [0.15, 0.2) is 34.8 Å². The maximum Gasteiger partial charge on any atom is 0.0403 e. The molecule has 2 aromatic carbocycles. The first-order valence-electron chi connectivity index (χ1n) is 6.54. The van der Waals surface area contributed by atoms with Crippen LogP contribution in [0.1, 0.15) is 27.8 Å². The van der Waals surface area contributed by atoms with Crippen molar-refractivity contribution in [1.82, 2.24) is 0 Å². The number of aryl methyl sites for hydroxylation is 3. The zero-order valence-electron chi connectivity index (χ0n) is 12.0. The van der Waals surface area contributed by atoms with Crippen LogP contribution in [0.3, 0.4) is 0 Å². The second-order valence-corrected chi connectivity index (χ2v) is 5.93. The molecule has 1 nitrogen and oxygen atoms in total. The summed E-state index contributed by atoms with van der Waals surface area (Å²) in [5.74, 6) is 0. The molecule has 0 unspecified atom stereocenters. The molecule has 2 aromatic rings. The first-order chi connectivity index (χ1) is 8.99. The summed E-state index contributed by atoms with van der Waals surface area (Å²) in [4.78, 5) is 0. The molecule has 0 amide bonds. The van der Waals surface area contributed by atoms with Crippen molar-refractivity contribution in [1.29, 1.82) is 0 Å². The summed E-state index contributed by atoms with van der Waals surface area (Å²) in [6, 6.07) is 10.8. The topological polar surface area (TPSA) is 12.0 Å². The van der Waals surface area contributed by atoms with Crippen molar-refractivity contribution in [3.05, 3.63) is 62.6 Å². The molecule has 2 heteroatoms. The molecule has 0 saturated heterocycles. The molecule has 100 valence electrons. The molecule has 1 N–H and O–H groups in total. The first kappa shape index (κ1) is 14.1. The van der Waals surface area contributed by atoms with Gasteiger partial charge in [0.15, 0.2) is 0 Å². The van der Waals surface area contributed by atoms with Gasteiger partial charge in [0.25, 0.3) is 0 Å². The van der Waals surface area contributed by atoms with Crippen molar-refractivity contribution in [2.75, 3.05) is 5.32 Å². The van der Waals surface area contributed by atoms with Gasteiger partial charge in [-0.25, -0.2) is 0 Å². The molecule has 0 heterocycles. The zero-order valence-corrected chi connectivity index (χ0v) is 13.6. The minimum absolute atomic E-state index is 0.869. The summed E-state index contributed by atoms with van der Waals surface area (Å²) in [6.07, 6.45) is 0. The van der Waals surface area contributed by atoms with Gasteiger partial charge in [0.1, 0.15) is 0 Å². The average molecular weight is 318 g/mol. The lowest BCUT2D eigenvalue weighted by Gasteiger charge is -2.13. The van der Waals surface area contributed by atoms with Crippen LogP contribution in [-0.4, -0.2) is 0 Å². The van der Waals surface area contributed by atoms with E-state index in [0.717, 1.165) is 6.54 Å². The quantitative estimate of drug-likeness (QED) is 0.810. The normalized spacial score (nSPS) is 10.6. The van der Waals surface area contributed by atoms with Crippen molar-refractivity contribution in [3.63, 3.8) is 0 Å². The monoisotopic (exact) mass is 317 g/mol. The average Bonchev–Trinajstić information content (AvgIpc) is 2.37. The van der Waals surface area contributed by atoms with E-state index < -0.39 is 0 Å². The molecule has 0 aliphatic carbocycles. The fourth-order valence-electron chi connectivity index (χ4n) is 2.25. The van der Waals surface area contributed by atoms with Gasteiger partial charge in [0.05, 0.1) is 0 Å². The van der Waals surface area contributed by atoms with E-state index in [1.54, 1.807) is 0 Å². The number of rotatable bonds is 3. The molecule has 0 aromatic heterocycles. The zero-order chi connectivity index (χ0) is 14.0. The van der Waals surface area contributed by atoms with Gasteiger partial charge in [-0.05, 0) is 67.6 Å². The molecule has 0 bridgehead atoms. The Kier molecular flexibility index (Phi) is 4.31. The number of hydrogen-bond donors (Lipinski definition) is 1. The van der Waals surface area contributed by atoms with E-state index in [4.69, 9.17) is 0 Å². The first-order valence-corrected chi connectivity index (χ1v) is 7.34. The Bertz CT molecular complexity index is 579. The van der Waals surface area contributed by atoms with Crippen LogP contribution in [0, 0.1) is 27.7 Å². The molecule has 0 atom stereocenters. The molecule has 2 rings (SSSR count). The van der Waals surface area contributed by atoms with Crippen LogP contribution >= 0.6 is 15.9 Å². The summed E-state index contributed by atoms with van der Waals surface area (Å²) in [6.45, 7) is 9.46. The van der Waals surface area contributed by atoms with E-state index in [0.29, 0.717) is 0 Å². The van der Waals surface area contributed by atoms with E-state index in [2.05, 4.69) is 79.3 Å². The number of anilines is 1. The van der Waals surface area contributed by atoms with Gasteiger partial charge >= 0.3 is 0 Å². The minimum atomic E-state index is 0.869. The summed E-state index contributed by atoms with van der Waals surface area (Å²) in [7, 11) is 0. The fraction of sp³-hybridized carbons (Fsp3) is 0.294. The van der Waals surface area contributed by atoms with Crippen LogP contribution in [0.2, 0.25) is 0 Å². The molecule has 0 radical (unpaired) electrons. The Morgan fingerprint density at radius 2 is 1.58 bits per heavy atom. The summed E-state index contributed by atoms with van der Waals surface area (Å²) in [5.41, 5.74) is 7.80. The van der Waals surface area contributed by atoms with E-state index in [-0.39, 0.29) is 0 Å². The predicted molar refractivity (Wildman–Crippen MR) is 86.9 cm³/mol. The van der Waals surface area contributed by atoms with Crippen LogP contribution in [-0.2, 0) is 6.54 Å². The van der Waals surface area contributed by atoms with Gasteiger partial charge in [0, 0.05) is 16.7 Å². The van der Waals surface area contributed by atoms with Gasteiger partial charge < -0.3 is 5.32 Å². The fourth-order valence-corrected chi connectivity index (χ4v) is 2.48. The second-order valence-electron chi connectivity index (χ2n) is 5.14. The van der Waals surface area contributed by atoms with Gasteiger partial charge in [-0.2, -0.15) is 0 Å². The van der Waals surface area contributed by atoms with Crippen molar-refractivity contribution >= 4 is 21.6 Å². The van der Waals surface area contributed by atoms with E-state index in [1.165, 1.54) is 38.0 Å². The summed E-state index contributed by atoms with van der Waals surface area (Å²) < 4.78 is 1.20. The summed E-state index contributed by atoms with van der Waals surface area (Å²) in [5, 5.41) is 3.52. The molecule has 0 aliphatic heterocycles. The van der Waals surface area contributed by atoms with E-state index in [1.807, 2.05) is 0 Å². The Labute approximate surface area is 124 Å². The lowest BCUT2D eigenvalue weighted by atomic mass is 10.0. The third-order valence-electron chi connectivity index (χ3n) is 3.64. The lowest BCUT2D eigenvalue weighted by Crippen LogP contribution is -2.03. The number of benzene rings is 2. The standard InChI is InChI=1S/C17H20BrN/c1-11-6-5-7-15(14(11)4)10-19-16-8-12(2)17(18)13(3)9-16/h5-9,19H,10H2,1-4H3. The van der Waals surface area contributed by atoms with Crippen LogP contribution < -0.4 is 5.32 Å². The molecular weight excluding hydrogens is 298 g/mol. The molecule has 0 spiro atoms. The van der Waals surface area contributed by atoms with Crippen LogP contribution in [0.4, 0.5) is 5.69 Å². The highest BCUT2D eigenvalue weighted by Crippen LogP contribution is 2.25. The van der Waals surface area contributed by atoms with E-state index >= 15 is 0 Å². The van der Waals surface area contributed by atoms with Crippen molar-refractivity contribution < 1.29 is 0 Å². The highest BCUT2D eigenvalue weighted by Gasteiger charge is 2.04. The number of halogens is 1. The highest BCUT2D eigenvalue weighted by molar-refractivity contribution is 9.10. The van der Waals surface area contributed by atoms with Gasteiger partial charge in [-0.1, -0.05) is 34.1 Å². The maximum atomic E-state index is 3.60. The van der Waals surface area contributed by atoms with Gasteiger partial charge in [0.2, 0.25) is 0 Å². The number of nitrogens with one attached hydrogen (secondary N) is 1. The highest BCUT2D eigenvalue weighted by atomic mass is 79.9. The van der Waals surface area contributed by atoms with Crippen molar-refractivity contribution in [2.24, 2.45) is 0 Å². The summed E-state index contributed by atoms with van der Waals surface area (Å²) >= 11 is 3.60. The van der Waals surface area contributed by atoms with Crippen molar-refractivity contribution in [2.45, 2.75) is 34.2 Å². The Morgan fingerprint density at radius 1 is 0.947 bits per heavy atom. The Hall–Kier alpha value is -1.28. The van der Waals surface area contributed by atoms with E-state index in [9.17, 15) is 0 Å². The largest absolute Gasteiger partial charge is 0.381 e. The molecule has 0 aliphatic rings. The third-order valence-corrected chi connectivity index (χ3v) is 4.89. The molecular formula is C17H20BrN. The maximum absolute atomic E-state index is 3.60. The SMILES string of the molecule is Cc1cccc(CNc2cc(C)c(Br)c(C)c2)c1C. The Morgan fingerprint density at radius 3 is 2.21 bits per heavy atom. The second kappa shape index (κ2) is 5.79. The molecule has 0 saturated carbocycles. The smallest absolute Gasteiger partial charge is 0.0403 e. The van der Waals surface area contributed by atoms with Gasteiger partial charge in [-0.15, -0.1) is 0 Å². The lowest BCUT2D eigenvalue weighted by molar-refractivity contribution is 1.10. The van der Waals surface area contributed by atoms with Gasteiger partial charge in [-0.3, -0.25) is 0 Å². The Balaban J connectivity index is 2.17. The number of hydrogen-bond acceptors (Lipinski definition) is 1. The van der Waals surface area contributed by atoms with Crippen LogP contribution in [0.25, 0.3) is 0 Å². The molecule has 19 heavy (non-hydrogen) atoms. The van der Waals surface area contributed by atoms with Crippen molar-refractivity contribution in [3.8, 4) is 0 Å².